The molecule has 1 heterocycles. The Balaban J connectivity index is 2.22. The molecule has 0 aromatic heterocycles. The Morgan fingerprint density at radius 2 is 2.11 bits per heavy atom. The molecule has 1 atom stereocenters. The third kappa shape index (κ3) is 4.94. The molecule has 1 fully saturated rings. The minimum Gasteiger partial charge on any atom is -0.463 e. The molecule has 1 N–H and O–H groups in total. The van der Waals surface area contributed by atoms with Crippen molar-refractivity contribution in [2.24, 2.45) is 0 Å². The Labute approximate surface area is 109 Å². The Morgan fingerprint density at radius 1 is 1.39 bits per heavy atom. The third-order valence-electron chi connectivity index (χ3n) is 3.04. The summed E-state index contributed by atoms with van der Waals surface area (Å²) in [5.74, 6) is -0.267. The fraction of sp³-hybridized carbons (Fsp3) is 0.846. The number of carbonyl (C=O) groups is 2. The maximum Gasteiger partial charge on any atom is 0.317 e. The van der Waals surface area contributed by atoms with Gasteiger partial charge in [-0.15, -0.1) is 0 Å². The zero-order chi connectivity index (χ0) is 13.5. The zero-order valence-electron chi connectivity index (χ0n) is 11.6. The smallest absolute Gasteiger partial charge is 0.317 e. The molecule has 0 saturated carbocycles. The Morgan fingerprint density at radius 3 is 2.72 bits per heavy atom. The standard InChI is InChI=1S/C13H24N2O3/c1-10(2)18-12(16)7-8-14-13(17)15-9-5-4-6-11(15)3/h10-11H,4-9H2,1-3H3,(H,14,17). The summed E-state index contributed by atoms with van der Waals surface area (Å²) < 4.78 is 4.99. The molecule has 104 valence electrons. The highest BCUT2D eigenvalue weighted by Gasteiger charge is 2.22. The molecule has 1 unspecified atom stereocenters. The summed E-state index contributed by atoms with van der Waals surface area (Å²) in [6.45, 7) is 6.83. The molecule has 5 heteroatoms. The number of esters is 1. The Bertz CT molecular complexity index is 292. The summed E-state index contributed by atoms with van der Waals surface area (Å²) >= 11 is 0. The average molecular weight is 256 g/mol. The van der Waals surface area contributed by atoms with Crippen LogP contribution in [0.4, 0.5) is 4.79 Å². The van der Waals surface area contributed by atoms with Crippen molar-refractivity contribution in [1.29, 1.82) is 0 Å². The van der Waals surface area contributed by atoms with E-state index in [1.807, 2.05) is 18.7 Å². The largest absolute Gasteiger partial charge is 0.463 e. The molecule has 1 aliphatic rings. The summed E-state index contributed by atoms with van der Waals surface area (Å²) in [5.41, 5.74) is 0. The molecule has 1 saturated heterocycles. The van der Waals surface area contributed by atoms with E-state index < -0.39 is 0 Å². The van der Waals surface area contributed by atoms with Crippen LogP contribution in [0.1, 0.15) is 46.5 Å². The van der Waals surface area contributed by atoms with E-state index in [4.69, 9.17) is 4.74 Å². The first-order valence-corrected chi connectivity index (χ1v) is 6.74. The van der Waals surface area contributed by atoms with Crippen LogP contribution < -0.4 is 5.32 Å². The molecule has 1 aliphatic heterocycles. The van der Waals surface area contributed by atoms with Crippen LogP contribution in [0.25, 0.3) is 0 Å². The lowest BCUT2D eigenvalue weighted by Crippen LogP contribution is -2.47. The molecule has 5 nitrogen and oxygen atoms in total. The molecular formula is C13H24N2O3. The minimum absolute atomic E-state index is 0.0699. The molecule has 18 heavy (non-hydrogen) atoms. The first-order chi connectivity index (χ1) is 8.50. The van der Waals surface area contributed by atoms with Gasteiger partial charge in [-0.3, -0.25) is 4.79 Å². The van der Waals surface area contributed by atoms with Gasteiger partial charge in [0, 0.05) is 19.1 Å². The number of piperidine rings is 1. The van der Waals surface area contributed by atoms with E-state index in [0.29, 0.717) is 12.6 Å². The third-order valence-corrected chi connectivity index (χ3v) is 3.04. The lowest BCUT2D eigenvalue weighted by Gasteiger charge is -2.33. The number of nitrogens with one attached hydrogen (secondary N) is 1. The highest BCUT2D eigenvalue weighted by molar-refractivity contribution is 5.76. The van der Waals surface area contributed by atoms with Crippen LogP contribution in [0.5, 0.6) is 0 Å². The van der Waals surface area contributed by atoms with Gasteiger partial charge in [0.1, 0.15) is 0 Å². The number of amides is 2. The summed E-state index contributed by atoms with van der Waals surface area (Å²) in [7, 11) is 0. The monoisotopic (exact) mass is 256 g/mol. The van der Waals surface area contributed by atoms with E-state index in [-0.39, 0.29) is 24.5 Å². The number of carbonyl (C=O) groups excluding carboxylic acids is 2. The van der Waals surface area contributed by atoms with Gasteiger partial charge in [-0.2, -0.15) is 0 Å². The van der Waals surface area contributed by atoms with Gasteiger partial charge in [0.05, 0.1) is 12.5 Å². The van der Waals surface area contributed by atoms with Crippen molar-refractivity contribution < 1.29 is 14.3 Å². The van der Waals surface area contributed by atoms with Crippen molar-refractivity contribution in [3.8, 4) is 0 Å². The number of rotatable bonds is 4. The normalized spacial score (nSPS) is 19.8. The maximum absolute atomic E-state index is 11.9. The molecular weight excluding hydrogens is 232 g/mol. The van der Waals surface area contributed by atoms with Crippen molar-refractivity contribution in [3.05, 3.63) is 0 Å². The van der Waals surface area contributed by atoms with Crippen molar-refractivity contribution in [3.63, 3.8) is 0 Å². The van der Waals surface area contributed by atoms with Gasteiger partial charge in [-0.05, 0) is 40.0 Å². The van der Waals surface area contributed by atoms with E-state index in [9.17, 15) is 9.59 Å². The fourth-order valence-electron chi connectivity index (χ4n) is 2.09. The van der Waals surface area contributed by atoms with Gasteiger partial charge >= 0.3 is 12.0 Å². The number of ether oxygens (including phenoxy) is 1. The quantitative estimate of drug-likeness (QED) is 0.782. The van der Waals surface area contributed by atoms with Crippen molar-refractivity contribution in [1.82, 2.24) is 10.2 Å². The van der Waals surface area contributed by atoms with Crippen LogP contribution in [-0.4, -0.2) is 42.1 Å². The highest BCUT2D eigenvalue weighted by atomic mass is 16.5. The van der Waals surface area contributed by atoms with Gasteiger partial charge in [-0.1, -0.05) is 0 Å². The van der Waals surface area contributed by atoms with E-state index in [1.165, 1.54) is 6.42 Å². The van der Waals surface area contributed by atoms with Crippen molar-refractivity contribution in [2.75, 3.05) is 13.1 Å². The lowest BCUT2D eigenvalue weighted by atomic mass is 10.0. The number of likely N-dealkylation sites (tertiary alicyclic amines) is 1. The molecule has 0 radical (unpaired) electrons. The van der Waals surface area contributed by atoms with Crippen LogP contribution in [0.15, 0.2) is 0 Å². The highest BCUT2D eigenvalue weighted by Crippen LogP contribution is 2.15. The van der Waals surface area contributed by atoms with Crippen LogP contribution >= 0.6 is 0 Å². The molecule has 0 aromatic rings. The second kappa shape index (κ2) is 7.24. The van der Waals surface area contributed by atoms with Gasteiger partial charge in [-0.25, -0.2) is 4.79 Å². The first-order valence-electron chi connectivity index (χ1n) is 6.74. The van der Waals surface area contributed by atoms with Crippen LogP contribution in [0, 0.1) is 0 Å². The van der Waals surface area contributed by atoms with Crippen molar-refractivity contribution >= 4 is 12.0 Å². The minimum atomic E-state index is -0.267. The van der Waals surface area contributed by atoms with Gasteiger partial charge in [0.25, 0.3) is 0 Å². The second-order valence-electron chi connectivity index (χ2n) is 5.06. The van der Waals surface area contributed by atoms with E-state index in [2.05, 4.69) is 12.2 Å². The van der Waals surface area contributed by atoms with Gasteiger partial charge in [0.2, 0.25) is 0 Å². The van der Waals surface area contributed by atoms with Crippen LogP contribution in [0.2, 0.25) is 0 Å². The number of hydrogen-bond acceptors (Lipinski definition) is 3. The van der Waals surface area contributed by atoms with Gasteiger partial charge < -0.3 is 15.0 Å². The zero-order valence-corrected chi connectivity index (χ0v) is 11.6. The van der Waals surface area contributed by atoms with E-state index in [1.54, 1.807) is 0 Å². The lowest BCUT2D eigenvalue weighted by molar-refractivity contribution is -0.147. The predicted molar refractivity (Wildman–Crippen MR) is 69.3 cm³/mol. The number of urea groups is 1. The first kappa shape index (κ1) is 14.8. The second-order valence-corrected chi connectivity index (χ2v) is 5.06. The molecule has 0 bridgehead atoms. The molecule has 1 rings (SSSR count). The topological polar surface area (TPSA) is 58.6 Å². The molecule has 0 spiro atoms. The summed E-state index contributed by atoms with van der Waals surface area (Å²) in [5, 5.41) is 2.77. The SMILES string of the molecule is CC(C)OC(=O)CCNC(=O)N1CCCCC1C. The summed E-state index contributed by atoms with van der Waals surface area (Å²) in [6, 6.07) is 0.223. The van der Waals surface area contributed by atoms with E-state index >= 15 is 0 Å². The summed E-state index contributed by atoms with van der Waals surface area (Å²) in [6.07, 6.45) is 3.43. The van der Waals surface area contributed by atoms with Crippen molar-refractivity contribution in [2.45, 2.75) is 58.6 Å². The maximum atomic E-state index is 11.9. The molecule has 0 aliphatic carbocycles. The Hall–Kier alpha value is -1.26. The predicted octanol–water partition coefficient (Wildman–Crippen LogP) is 1.91. The molecule has 2 amide bonds. The van der Waals surface area contributed by atoms with Crippen LogP contribution in [-0.2, 0) is 9.53 Å². The number of nitrogens with zero attached hydrogens (tertiary/aromatic N) is 1. The van der Waals surface area contributed by atoms with Crippen LogP contribution in [0.3, 0.4) is 0 Å². The Kier molecular flexibility index (Phi) is 5.95. The molecule has 0 aromatic carbocycles. The number of hydrogen-bond donors (Lipinski definition) is 1. The van der Waals surface area contributed by atoms with Gasteiger partial charge in [0.15, 0.2) is 0 Å². The van der Waals surface area contributed by atoms with E-state index in [0.717, 1.165) is 19.4 Å². The average Bonchev–Trinajstić information content (AvgIpc) is 2.28. The summed E-state index contributed by atoms with van der Waals surface area (Å²) in [4.78, 5) is 25.0. The fourth-order valence-corrected chi connectivity index (χ4v) is 2.09.